The second-order valence-electron chi connectivity index (χ2n) is 6.09. The number of carbonyl (C=O) groups excluding carboxylic acids is 1. The van der Waals surface area contributed by atoms with Crippen molar-refractivity contribution in [1.82, 2.24) is 9.80 Å². The van der Waals surface area contributed by atoms with Gasteiger partial charge >= 0.3 is 6.03 Å². The minimum absolute atomic E-state index is 0.0556. The maximum atomic E-state index is 12.9. The summed E-state index contributed by atoms with van der Waals surface area (Å²) < 4.78 is 5.78. The van der Waals surface area contributed by atoms with Gasteiger partial charge in [0.1, 0.15) is 0 Å². The molecule has 2 heterocycles. The van der Waals surface area contributed by atoms with E-state index >= 15 is 0 Å². The van der Waals surface area contributed by atoms with Crippen molar-refractivity contribution < 1.29 is 9.53 Å². The number of hydrogen-bond acceptors (Lipinski definition) is 3. The van der Waals surface area contributed by atoms with Crippen LogP contribution in [0.1, 0.15) is 23.4 Å². The van der Waals surface area contributed by atoms with Crippen molar-refractivity contribution in [2.24, 2.45) is 4.99 Å². The van der Waals surface area contributed by atoms with Crippen LogP contribution >= 0.6 is 11.6 Å². The van der Waals surface area contributed by atoms with E-state index in [9.17, 15) is 4.79 Å². The van der Waals surface area contributed by atoms with E-state index in [4.69, 9.17) is 16.3 Å². The second kappa shape index (κ2) is 6.86. The van der Waals surface area contributed by atoms with Gasteiger partial charge < -0.3 is 4.74 Å². The number of nitrogens with zero attached hydrogens (tertiary/aromatic N) is 3. The zero-order valence-corrected chi connectivity index (χ0v) is 14.3. The molecule has 4 rings (SSSR count). The molecule has 2 aliphatic rings. The van der Waals surface area contributed by atoms with Crippen molar-refractivity contribution in [2.45, 2.75) is 12.3 Å². The van der Waals surface area contributed by atoms with Crippen LogP contribution in [0.3, 0.4) is 0 Å². The molecule has 2 atom stereocenters. The van der Waals surface area contributed by atoms with E-state index in [1.54, 1.807) is 16.1 Å². The van der Waals surface area contributed by atoms with Crippen molar-refractivity contribution in [3.63, 3.8) is 0 Å². The maximum absolute atomic E-state index is 12.9. The van der Waals surface area contributed by atoms with Crippen molar-refractivity contribution in [2.75, 3.05) is 19.7 Å². The number of aliphatic imine (C=N–C) groups is 1. The summed E-state index contributed by atoms with van der Waals surface area (Å²) in [5.74, 6) is 0. The highest BCUT2D eigenvalue weighted by Gasteiger charge is 2.35. The Morgan fingerprint density at radius 2 is 1.84 bits per heavy atom. The molecule has 0 aliphatic carbocycles. The van der Waals surface area contributed by atoms with Crippen LogP contribution in [-0.4, -0.2) is 41.9 Å². The van der Waals surface area contributed by atoms with E-state index in [0.29, 0.717) is 24.7 Å². The fourth-order valence-corrected chi connectivity index (χ4v) is 3.30. The Bertz CT molecular complexity index is 779. The maximum Gasteiger partial charge on any atom is 0.327 e. The van der Waals surface area contributed by atoms with Crippen LogP contribution in [0.25, 0.3) is 0 Å². The third-order valence-corrected chi connectivity index (χ3v) is 4.73. The molecule has 1 fully saturated rings. The Labute approximate surface area is 151 Å². The third-order valence-electron chi connectivity index (χ3n) is 4.48. The molecule has 6 heteroatoms. The van der Waals surface area contributed by atoms with E-state index < -0.39 is 0 Å². The van der Waals surface area contributed by atoms with Crippen LogP contribution in [-0.2, 0) is 4.74 Å². The third kappa shape index (κ3) is 3.25. The standard InChI is InChI=1S/C19H18ClN3O2/c20-16-8-6-14(7-9-16)17-12-22(13-21-17)19(24)23-10-11-25-18(23)15-4-2-1-3-5-15/h1-9,13,17-18H,10-12H2. The molecule has 1 saturated heterocycles. The molecule has 2 unspecified atom stereocenters. The summed E-state index contributed by atoms with van der Waals surface area (Å²) in [5.41, 5.74) is 2.03. The van der Waals surface area contributed by atoms with Crippen LogP contribution in [0.2, 0.25) is 5.02 Å². The lowest BCUT2D eigenvalue weighted by molar-refractivity contribution is 0.0443. The van der Waals surface area contributed by atoms with Crippen LogP contribution < -0.4 is 0 Å². The van der Waals surface area contributed by atoms with Gasteiger partial charge in [-0.1, -0.05) is 54.1 Å². The monoisotopic (exact) mass is 355 g/mol. The lowest BCUT2D eigenvalue weighted by Crippen LogP contribution is -2.41. The number of rotatable bonds is 2. The number of carbonyl (C=O) groups is 1. The molecule has 0 radical (unpaired) electrons. The predicted molar refractivity (Wildman–Crippen MR) is 96.6 cm³/mol. The van der Waals surface area contributed by atoms with Crippen molar-refractivity contribution >= 4 is 24.0 Å². The molecule has 2 aliphatic heterocycles. The number of amides is 2. The zero-order chi connectivity index (χ0) is 17.2. The minimum atomic E-state index is -0.336. The van der Waals surface area contributed by atoms with E-state index in [2.05, 4.69) is 4.99 Å². The SMILES string of the molecule is O=C(N1C=NC(c2ccc(Cl)cc2)C1)N1CCOC1c1ccccc1. The molecular weight excluding hydrogens is 338 g/mol. The first-order valence-electron chi connectivity index (χ1n) is 8.25. The van der Waals surface area contributed by atoms with Crippen LogP contribution in [0, 0.1) is 0 Å². The number of urea groups is 1. The molecule has 0 spiro atoms. The summed E-state index contributed by atoms with van der Waals surface area (Å²) in [4.78, 5) is 20.8. The highest BCUT2D eigenvalue weighted by Crippen LogP contribution is 2.30. The fourth-order valence-electron chi connectivity index (χ4n) is 3.17. The van der Waals surface area contributed by atoms with Crippen molar-refractivity contribution in [3.05, 3.63) is 70.7 Å². The first-order chi connectivity index (χ1) is 12.2. The summed E-state index contributed by atoms with van der Waals surface area (Å²) >= 11 is 5.93. The molecule has 25 heavy (non-hydrogen) atoms. The van der Waals surface area contributed by atoms with Crippen LogP contribution in [0.15, 0.2) is 59.6 Å². The Morgan fingerprint density at radius 3 is 2.60 bits per heavy atom. The predicted octanol–water partition coefficient (Wildman–Crippen LogP) is 3.88. The molecule has 2 aromatic rings. The van der Waals surface area contributed by atoms with Crippen LogP contribution in [0.5, 0.6) is 0 Å². The van der Waals surface area contributed by atoms with Gasteiger partial charge in [-0.3, -0.25) is 14.8 Å². The lowest BCUT2D eigenvalue weighted by atomic mass is 10.1. The molecule has 2 amide bonds. The summed E-state index contributed by atoms with van der Waals surface area (Å²) in [6.07, 6.45) is 1.29. The van der Waals surface area contributed by atoms with Crippen molar-refractivity contribution in [3.8, 4) is 0 Å². The lowest BCUT2D eigenvalue weighted by Gasteiger charge is -2.27. The molecule has 0 aromatic heterocycles. The number of benzene rings is 2. The van der Waals surface area contributed by atoms with Gasteiger partial charge in [-0.25, -0.2) is 4.79 Å². The topological polar surface area (TPSA) is 45.1 Å². The average molecular weight is 356 g/mol. The van der Waals surface area contributed by atoms with Gasteiger partial charge in [-0.05, 0) is 17.7 Å². The molecule has 128 valence electrons. The smallest absolute Gasteiger partial charge is 0.327 e. The van der Waals surface area contributed by atoms with Gasteiger partial charge in [-0.2, -0.15) is 0 Å². The van der Waals surface area contributed by atoms with E-state index in [-0.39, 0.29) is 18.3 Å². The first-order valence-corrected chi connectivity index (χ1v) is 8.63. The summed E-state index contributed by atoms with van der Waals surface area (Å²) in [6, 6.07) is 17.3. The van der Waals surface area contributed by atoms with Gasteiger partial charge in [0.15, 0.2) is 6.23 Å². The molecule has 0 N–H and O–H groups in total. The van der Waals surface area contributed by atoms with Crippen LogP contribution in [0.4, 0.5) is 4.79 Å². The highest BCUT2D eigenvalue weighted by molar-refractivity contribution is 6.30. The minimum Gasteiger partial charge on any atom is -0.352 e. The van der Waals surface area contributed by atoms with Gasteiger partial charge in [0.2, 0.25) is 0 Å². The van der Waals surface area contributed by atoms with E-state index in [1.165, 1.54) is 0 Å². The molecular formula is C19H18ClN3O2. The normalized spacial score (nSPS) is 22.6. The van der Waals surface area contributed by atoms with E-state index in [0.717, 1.165) is 11.1 Å². The second-order valence-corrected chi connectivity index (χ2v) is 6.53. The Hall–Kier alpha value is -2.37. The van der Waals surface area contributed by atoms with Gasteiger partial charge in [0, 0.05) is 17.1 Å². The highest BCUT2D eigenvalue weighted by atomic mass is 35.5. The number of hydrogen-bond donors (Lipinski definition) is 0. The zero-order valence-electron chi connectivity index (χ0n) is 13.6. The first kappa shape index (κ1) is 16.1. The molecule has 2 aromatic carbocycles. The van der Waals surface area contributed by atoms with Gasteiger partial charge in [0.05, 0.1) is 25.5 Å². The van der Waals surface area contributed by atoms with Gasteiger partial charge in [-0.15, -0.1) is 0 Å². The summed E-state index contributed by atoms with van der Waals surface area (Å²) in [6.45, 7) is 1.64. The molecule has 0 saturated carbocycles. The molecule has 0 bridgehead atoms. The Kier molecular flexibility index (Phi) is 4.42. The summed E-state index contributed by atoms with van der Waals surface area (Å²) in [5, 5.41) is 0.693. The Balaban J connectivity index is 1.46. The van der Waals surface area contributed by atoms with E-state index in [1.807, 2.05) is 54.6 Å². The number of halogens is 1. The summed E-state index contributed by atoms with van der Waals surface area (Å²) in [7, 11) is 0. The largest absolute Gasteiger partial charge is 0.352 e. The number of ether oxygens (including phenoxy) is 1. The van der Waals surface area contributed by atoms with Crippen molar-refractivity contribution in [1.29, 1.82) is 0 Å². The quantitative estimate of drug-likeness (QED) is 0.820. The Morgan fingerprint density at radius 1 is 1.08 bits per heavy atom. The average Bonchev–Trinajstić information content (AvgIpc) is 3.32. The van der Waals surface area contributed by atoms with Gasteiger partial charge in [0.25, 0.3) is 0 Å². The molecule has 5 nitrogen and oxygen atoms in total. The fraction of sp³-hybridized carbons (Fsp3) is 0.263.